The number of nitrogens with zero attached hydrogens (tertiary/aromatic N) is 2. The van der Waals surface area contributed by atoms with Gasteiger partial charge in [0.15, 0.2) is 5.75 Å². The quantitative estimate of drug-likeness (QED) is 0.790. The molecular formula is C13H17N3O. The average molecular weight is 231 g/mol. The van der Waals surface area contributed by atoms with E-state index in [1.807, 2.05) is 0 Å². The van der Waals surface area contributed by atoms with Crippen molar-refractivity contribution in [3.63, 3.8) is 0 Å². The molecule has 1 saturated carbocycles. The van der Waals surface area contributed by atoms with Crippen LogP contribution in [0.2, 0.25) is 0 Å². The number of hydrogen-bond donors (Lipinski definition) is 1. The molecule has 0 amide bonds. The second kappa shape index (κ2) is 5.65. The predicted octanol–water partition coefficient (Wildman–Crippen LogP) is 1.99. The minimum absolute atomic E-state index is 0.00815. The lowest BCUT2D eigenvalue weighted by atomic mass is 10.1. The van der Waals surface area contributed by atoms with Gasteiger partial charge < -0.3 is 10.5 Å². The smallest absolute Gasteiger partial charge is 0.155 e. The second-order valence-corrected chi connectivity index (χ2v) is 4.44. The molecule has 1 aromatic heterocycles. The lowest BCUT2D eigenvalue weighted by molar-refractivity contribution is 0.162. The molecule has 1 aromatic rings. The fraction of sp³-hybridized carbons (Fsp3) is 0.538. The van der Waals surface area contributed by atoms with Crippen molar-refractivity contribution in [3.05, 3.63) is 24.0 Å². The highest BCUT2D eigenvalue weighted by Gasteiger charge is 2.22. The Bertz CT molecular complexity index is 413. The van der Waals surface area contributed by atoms with Crippen LogP contribution in [0.5, 0.6) is 5.75 Å². The lowest BCUT2D eigenvalue weighted by Gasteiger charge is -2.23. The summed E-state index contributed by atoms with van der Waals surface area (Å²) in [5.74, 6) is 0.553. The Labute approximate surface area is 101 Å². The van der Waals surface area contributed by atoms with E-state index in [1.165, 1.54) is 12.8 Å². The van der Waals surface area contributed by atoms with Crippen LogP contribution >= 0.6 is 0 Å². The minimum Gasteiger partial charge on any atom is -0.486 e. The first-order chi connectivity index (χ1) is 8.31. The molecule has 17 heavy (non-hydrogen) atoms. The molecule has 0 aromatic carbocycles. The van der Waals surface area contributed by atoms with Gasteiger partial charge in [-0.1, -0.05) is 12.8 Å². The molecule has 0 aliphatic heterocycles. The van der Waals surface area contributed by atoms with E-state index in [0.29, 0.717) is 11.3 Å². The van der Waals surface area contributed by atoms with Gasteiger partial charge in [0.05, 0.1) is 11.8 Å². The summed E-state index contributed by atoms with van der Waals surface area (Å²) < 4.78 is 5.86. The van der Waals surface area contributed by atoms with Crippen molar-refractivity contribution in [2.45, 2.75) is 44.2 Å². The van der Waals surface area contributed by atoms with Crippen molar-refractivity contribution >= 4 is 0 Å². The van der Waals surface area contributed by atoms with Crippen molar-refractivity contribution in [1.82, 2.24) is 4.98 Å². The van der Waals surface area contributed by atoms with Crippen LogP contribution in [0.25, 0.3) is 0 Å². The fourth-order valence-corrected chi connectivity index (χ4v) is 2.18. The Morgan fingerprint density at radius 1 is 1.35 bits per heavy atom. The van der Waals surface area contributed by atoms with Crippen LogP contribution in [0.4, 0.5) is 0 Å². The number of aromatic nitrogens is 1. The van der Waals surface area contributed by atoms with Crippen LogP contribution in [0.1, 0.15) is 37.7 Å². The lowest BCUT2D eigenvalue weighted by Crippen LogP contribution is -2.38. The maximum atomic E-state index is 8.98. The molecule has 1 fully saturated rings. The average Bonchev–Trinajstić information content (AvgIpc) is 2.56. The highest BCUT2D eigenvalue weighted by atomic mass is 16.5. The maximum absolute atomic E-state index is 8.98. The molecule has 2 rings (SSSR count). The SMILES string of the molecule is N#Cc1ccncc1OC1CCCCCC1N. The molecule has 1 aliphatic carbocycles. The molecule has 2 N–H and O–H groups in total. The Balaban J connectivity index is 2.11. The number of rotatable bonds is 2. The molecule has 4 heteroatoms. The van der Waals surface area contributed by atoms with Gasteiger partial charge in [0.2, 0.25) is 0 Å². The molecule has 2 unspecified atom stereocenters. The van der Waals surface area contributed by atoms with E-state index < -0.39 is 0 Å². The van der Waals surface area contributed by atoms with E-state index in [2.05, 4.69) is 11.1 Å². The first kappa shape index (κ1) is 11.9. The summed E-state index contributed by atoms with van der Waals surface area (Å²) in [4.78, 5) is 3.99. The topological polar surface area (TPSA) is 71.9 Å². The van der Waals surface area contributed by atoms with E-state index in [4.69, 9.17) is 15.7 Å². The highest BCUT2D eigenvalue weighted by molar-refractivity contribution is 5.40. The monoisotopic (exact) mass is 231 g/mol. The molecule has 0 spiro atoms. The highest BCUT2D eigenvalue weighted by Crippen LogP contribution is 2.23. The van der Waals surface area contributed by atoms with Crippen LogP contribution < -0.4 is 10.5 Å². The summed E-state index contributed by atoms with van der Waals surface area (Å²) >= 11 is 0. The zero-order valence-corrected chi connectivity index (χ0v) is 9.80. The van der Waals surface area contributed by atoms with Crippen LogP contribution in [0.15, 0.2) is 18.5 Å². The molecule has 1 aliphatic rings. The van der Waals surface area contributed by atoms with Crippen LogP contribution in [0, 0.1) is 11.3 Å². The Morgan fingerprint density at radius 2 is 2.18 bits per heavy atom. The van der Waals surface area contributed by atoms with Crippen molar-refractivity contribution in [1.29, 1.82) is 5.26 Å². The largest absolute Gasteiger partial charge is 0.486 e. The zero-order chi connectivity index (χ0) is 12.1. The van der Waals surface area contributed by atoms with Gasteiger partial charge in [0.1, 0.15) is 12.2 Å². The zero-order valence-electron chi connectivity index (χ0n) is 9.80. The van der Waals surface area contributed by atoms with Crippen LogP contribution in [-0.4, -0.2) is 17.1 Å². The molecule has 0 bridgehead atoms. The van der Waals surface area contributed by atoms with Crippen LogP contribution in [0.3, 0.4) is 0 Å². The van der Waals surface area contributed by atoms with Crippen LogP contribution in [-0.2, 0) is 0 Å². The number of nitrogens with two attached hydrogens (primary N) is 1. The summed E-state index contributed by atoms with van der Waals surface area (Å²) in [6.07, 6.45) is 8.67. The van der Waals surface area contributed by atoms with E-state index in [1.54, 1.807) is 18.5 Å². The summed E-state index contributed by atoms with van der Waals surface area (Å²) in [5, 5.41) is 8.98. The molecule has 1 heterocycles. The number of hydrogen-bond acceptors (Lipinski definition) is 4. The molecule has 0 radical (unpaired) electrons. The van der Waals surface area contributed by atoms with E-state index in [9.17, 15) is 0 Å². The first-order valence-corrected chi connectivity index (χ1v) is 6.07. The van der Waals surface area contributed by atoms with Crippen molar-refractivity contribution in [3.8, 4) is 11.8 Å². The summed E-state index contributed by atoms with van der Waals surface area (Å²) in [5.41, 5.74) is 6.61. The van der Waals surface area contributed by atoms with Crippen molar-refractivity contribution in [2.24, 2.45) is 5.73 Å². The van der Waals surface area contributed by atoms with E-state index >= 15 is 0 Å². The third-order valence-corrected chi connectivity index (χ3v) is 3.19. The summed E-state index contributed by atoms with van der Waals surface area (Å²) in [7, 11) is 0. The van der Waals surface area contributed by atoms with Crippen molar-refractivity contribution < 1.29 is 4.74 Å². The normalized spacial score (nSPS) is 24.7. The standard InChI is InChI=1S/C13H17N3O/c14-8-10-6-7-16-9-13(10)17-12-5-3-1-2-4-11(12)15/h6-7,9,11-12H,1-5,15H2. The summed E-state index contributed by atoms with van der Waals surface area (Å²) in [6, 6.07) is 3.83. The van der Waals surface area contributed by atoms with Crippen molar-refractivity contribution in [2.75, 3.05) is 0 Å². The minimum atomic E-state index is 0.00815. The van der Waals surface area contributed by atoms with Gasteiger partial charge in [-0.15, -0.1) is 0 Å². The Hall–Kier alpha value is -1.60. The Kier molecular flexibility index (Phi) is 3.94. The Morgan fingerprint density at radius 3 is 3.00 bits per heavy atom. The summed E-state index contributed by atoms with van der Waals surface area (Å²) in [6.45, 7) is 0. The van der Waals surface area contributed by atoms with Gasteiger partial charge in [-0.05, 0) is 25.3 Å². The van der Waals surface area contributed by atoms with Gasteiger partial charge >= 0.3 is 0 Å². The molecule has 0 saturated heterocycles. The maximum Gasteiger partial charge on any atom is 0.155 e. The number of ether oxygens (including phenoxy) is 1. The van der Waals surface area contributed by atoms with Gasteiger partial charge in [-0.2, -0.15) is 5.26 Å². The third-order valence-electron chi connectivity index (χ3n) is 3.19. The molecular weight excluding hydrogens is 214 g/mol. The molecule has 2 atom stereocenters. The predicted molar refractivity (Wildman–Crippen MR) is 64.4 cm³/mol. The number of pyridine rings is 1. The molecule has 90 valence electrons. The van der Waals surface area contributed by atoms with E-state index in [-0.39, 0.29) is 12.1 Å². The fourth-order valence-electron chi connectivity index (χ4n) is 2.18. The van der Waals surface area contributed by atoms with Gasteiger partial charge in [-0.3, -0.25) is 4.98 Å². The second-order valence-electron chi connectivity index (χ2n) is 4.44. The number of nitriles is 1. The van der Waals surface area contributed by atoms with Gasteiger partial charge in [-0.25, -0.2) is 0 Å². The third kappa shape index (κ3) is 2.95. The first-order valence-electron chi connectivity index (χ1n) is 6.07. The molecule has 4 nitrogen and oxygen atoms in total. The van der Waals surface area contributed by atoms with Gasteiger partial charge in [0.25, 0.3) is 0 Å². The van der Waals surface area contributed by atoms with E-state index in [0.717, 1.165) is 19.3 Å². The van der Waals surface area contributed by atoms with Gasteiger partial charge in [0, 0.05) is 12.2 Å².